The van der Waals surface area contributed by atoms with Crippen LogP contribution in [0, 0.1) is 0 Å². The summed E-state index contributed by atoms with van der Waals surface area (Å²) in [6, 6.07) is 0. The van der Waals surface area contributed by atoms with Gasteiger partial charge < -0.3 is 5.11 Å². The number of alkyl halides is 6. The van der Waals surface area contributed by atoms with E-state index in [2.05, 4.69) is 0 Å². The second-order valence-corrected chi connectivity index (χ2v) is 2.96. The molecule has 0 saturated heterocycles. The van der Waals surface area contributed by atoms with E-state index in [0.717, 1.165) is 0 Å². The molecule has 0 amide bonds. The maximum atomic E-state index is 12.1. The molecule has 0 radical (unpaired) electrons. The number of aliphatic hydroxyl groups excluding tert-OH is 1. The van der Waals surface area contributed by atoms with Crippen molar-refractivity contribution in [1.82, 2.24) is 5.32 Å². The van der Waals surface area contributed by atoms with Gasteiger partial charge in [0.25, 0.3) is 0 Å². The van der Waals surface area contributed by atoms with Gasteiger partial charge in [-0.2, -0.15) is 26.3 Å². The molecule has 86 valence electrons. The average molecular weight is 225 g/mol. The lowest BCUT2D eigenvalue weighted by Gasteiger charge is -2.31. The van der Waals surface area contributed by atoms with Crippen molar-refractivity contribution in [3.05, 3.63) is 0 Å². The van der Waals surface area contributed by atoms with Crippen molar-refractivity contribution in [1.29, 1.82) is 0 Å². The predicted molar refractivity (Wildman–Crippen MR) is 35.6 cm³/mol. The predicted octanol–water partition coefficient (Wildman–Crippen LogP) is 1.45. The SMILES string of the molecule is CC(CO)(NCC(F)(F)F)C(F)(F)F. The fourth-order valence-electron chi connectivity index (χ4n) is 0.541. The fraction of sp³-hybridized carbons (Fsp3) is 1.00. The highest BCUT2D eigenvalue weighted by molar-refractivity contribution is 4.90. The minimum Gasteiger partial charge on any atom is -0.394 e. The second kappa shape index (κ2) is 3.93. The summed E-state index contributed by atoms with van der Waals surface area (Å²) in [6.45, 7) is -2.80. The maximum absolute atomic E-state index is 12.1. The molecular formula is C6H9F6NO. The van der Waals surface area contributed by atoms with Crippen LogP contribution in [0.15, 0.2) is 0 Å². The number of nitrogens with one attached hydrogen (secondary N) is 1. The Hall–Kier alpha value is -0.500. The Balaban J connectivity index is 4.43. The van der Waals surface area contributed by atoms with Crippen LogP contribution < -0.4 is 5.32 Å². The summed E-state index contributed by atoms with van der Waals surface area (Å²) in [5.74, 6) is 0. The van der Waals surface area contributed by atoms with Gasteiger partial charge in [-0.05, 0) is 6.92 Å². The zero-order chi connectivity index (χ0) is 11.6. The Bertz CT molecular complexity index is 188. The molecule has 0 aliphatic heterocycles. The third-order valence-corrected chi connectivity index (χ3v) is 1.62. The Morgan fingerprint density at radius 3 is 1.71 bits per heavy atom. The number of hydrogen-bond donors (Lipinski definition) is 2. The third-order valence-electron chi connectivity index (χ3n) is 1.62. The molecule has 1 atom stereocenters. The molecular weight excluding hydrogens is 216 g/mol. The van der Waals surface area contributed by atoms with Crippen molar-refractivity contribution in [2.75, 3.05) is 13.2 Å². The Morgan fingerprint density at radius 2 is 1.50 bits per heavy atom. The number of aliphatic hydroxyl groups is 1. The van der Waals surface area contributed by atoms with E-state index >= 15 is 0 Å². The first-order chi connectivity index (χ1) is 6.02. The topological polar surface area (TPSA) is 32.3 Å². The highest BCUT2D eigenvalue weighted by Gasteiger charge is 2.51. The van der Waals surface area contributed by atoms with Gasteiger partial charge in [-0.1, -0.05) is 0 Å². The molecule has 0 aliphatic carbocycles. The van der Waals surface area contributed by atoms with Gasteiger partial charge in [0.1, 0.15) is 5.54 Å². The first-order valence-corrected chi connectivity index (χ1v) is 3.51. The molecule has 8 heteroatoms. The average Bonchev–Trinajstić information content (AvgIpc) is 1.96. The van der Waals surface area contributed by atoms with Crippen molar-refractivity contribution >= 4 is 0 Å². The number of halogens is 6. The minimum atomic E-state index is -4.94. The van der Waals surface area contributed by atoms with Crippen LogP contribution in [0.3, 0.4) is 0 Å². The lowest BCUT2D eigenvalue weighted by Crippen LogP contribution is -2.59. The van der Waals surface area contributed by atoms with Crippen molar-refractivity contribution in [2.45, 2.75) is 24.8 Å². The largest absolute Gasteiger partial charge is 0.408 e. The highest BCUT2D eigenvalue weighted by atomic mass is 19.4. The Labute approximate surface area is 75.9 Å². The van der Waals surface area contributed by atoms with Gasteiger partial charge in [-0.15, -0.1) is 0 Å². The van der Waals surface area contributed by atoms with Crippen molar-refractivity contribution in [3.63, 3.8) is 0 Å². The van der Waals surface area contributed by atoms with Crippen LogP contribution in [-0.4, -0.2) is 36.1 Å². The second-order valence-electron chi connectivity index (χ2n) is 2.96. The van der Waals surface area contributed by atoms with Gasteiger partial charge in [0.2, 0.25) is 0 Å². The van der Waals surface area contributed by atoms with Crippen LogP contribution in [-0.2, 0) is 0 Å². The Morgan fingerprint density at radius 1 is 1.07 bits per heavy atom. The molecule has 0 aliphatic rings. The van der Waals surface area contributed by atoms with Gasteiger partial charge in [0.05, 0.1) is 13.2 Å². The lowest BCUT2D eigenvalue weighted by atomic mass is 10.0. The summed E-state index contributed by atoms with van der Waals surface area (Å²) in [5, 5.41) is 9.59. The molecule has 0 aromatic heterocycles. The van der Waals surface area contributed by atoms with E-state index < -0.39 is 31.0 Å². The highest BCUT2D eigenvalue weighted by Crippen LogP contribution is 2.30. The molecule has 14 heavy (non-hydrogen) atoms. The van der Waals surface area contributed by atoms with Crippen molar-refractivity contribution in [3.8, 4) is 0 Å². The number of hydrogen-bond acceptors (Lipinski definition) is 2. The van der Waals surface area contributed by atoms with Gasteiger partial charge >= 0.3 is 12.4 Å². The van der Waals surface area contributed by atoms with Gasteiger partial charge in [0, 0.05) is 0 Å². The molecule has 2 nitrogen and oxygen atoms in total. The van der Waals surface area contributed by atoms with Crippen LogP contribution >= 0.6 is 0 Å². The molecule has 0 spiro atoms. The monoisotopic (exact) mass is 225 g/mol. The summed E-state index contributed by atoms with van der Waals surface area (Å²) < 4.78 is 71.1. The van der Waals surface area contributed by atoms with Crippen LogP contribution in [0.25, 0.3) is 0 Å². The van der Waals surface area contributed by atoms with E-state index in [1.54, 1.807) is 0 Å². The molecule has 1 unspecified atom stereocenters. The third kappa shape index (κ3) is 3.70. The minimum absolute atomic E-state index is 0.457. The first-order valence-electron chi connectivity index (χ1n) is 3.51. The molecule has 0 aromatic rings. The summed E-state index contributed by atoms with van der Waals surface area (Å²) >= 11 is 0. The van der Waals surface area contributed by atoms with E-state index in [9.17, 15) is 26.3 Å². The van der Waals surface area contributed by atoms with Crippen LogP contribution in [0.4, 0.5) is 26.3 Å². The van der Waals surface area contributed by atoms with Gasteiger partial charge in [-0.3, -0.25) is 5.32 Å². The molecule has 0 heterocycles. The molecule has 0 bridgehead atoms. The quantitative estimate of drug-likeness (QED) is 0.712. The maximum Gasteiger partial charge on any atom is 0.408 e. The standard InChI is InChI=1S/C6H9F6NO/c1-4(3-14,6(10,11)12)13-2-5(7,8)9/h13-14H,2-3H2,1H3. The molecule has 2 N–H and O–H groups in total. The van der Waals surface area contributed by atoms with E-state index in [1.165, 1.54) is 5.32 Å². The van der Waals surface area contributed by atoms with Gasteiger partial charge in [-0.25, -0.2) is 0 Å². The first kappa shape index (κ1) is 13.5. The van der Waals surface area contributed by atoms with Gasteiger partial charge in [0.15, 0.2) is 0 Å². The summed E-state index contributed by atoms with van der Waals surface area (Å²) in [7, 11) is 0. The van der Waals surface area contributed by atoms with E-state index in [0.29, 0.717) is 6.92 Å². The van der Waals surface area contributed by atoms with Crippen LogP contribution in [0.1, 0.15) is 6.92 Å². The molecule has 0 rings (SSSR count). The smallest absolute Gasteiger partial charge is 0.394 e. The van der Waals surface area contributed by atoms with Crippen molar-refractivity contribution < 1.29 is 31.4 Å². The fourth-order valence-corrected chi connectivity index (χ4v) is 0.541. The zero-order valence-electron chi connectivity index (χ0n) is 7.13. The summed E-state index contributed by atoms with van der Waals surface area (Å²) in [5.41, 5.74) is -2.93. The normalized spacial score (nSPS) is 18.0. The summed E-state index contributed by atoms with van der Waals surface area (Å²) in [4.78, 5) is 0. The summed E-state index contributed by atoms with van der Waals surface area (Å²) in [6.07, 6.45) is -9.69. The lowest BCUT2D eigenvalue weighted by molar-refractivity contribution is -0.210. The van der Waals surface area contributed by atoms with Crippen LogP contribution in [0.2, 0.25) is 0 Å². The zero-order valence-corrected chi connectivity index (χ0v) is 7.13. The van der Waals surface area contributed by atoms with Crippen molar-refractivity contribution in [2.24, 2.45) is 0 Å². The molecule has 0 aromatic carbocycles. The Kier molecular flexibility index (Phi) is 3.79. The molecule has 0 saturated carbocycles. The van der Waals surface area contributed by atoms with E-state index in [-0.39, 0.29) is 0 Å². The number of rotatable bonds is 3. The van der Waals surface area contributed by atoms with E-state index in [1.807, 2.05) is 0 Å². The molecule has 0 fully saturated rings. The van der Waals surface area contributed by atoms with E-state index in [4.69, 9.17) is 5.11 Å². The van der Waals surface area contributed by atoms with Crippen LogP contribution in [0.5, 0.6) is 0 Å².